The number of nitrogens with one attached hydrogen (secondary N) is 1. The summed E-state index contributed by atoms with van der Waals surface area (Å²) < 4.78 is 0. The number of rotatable bonds is 5. The predicted molar refractivity (Wildman–Crippen MR) is 51.3 cm³/mol. The van der Waals surface area contributed by atoms with Gasteiger partial charge in [0.15, 0.2) is 0 Å². The van der Waals surface area contributed by atoms with E-state index in [0.29, 0.717) is 5.01 Å². The normalized spacial score (nSPS) is 11.7. The molecule has 0 saturated heterocycles. The maximum Gasteiger partial charge on any atom is 0.241 e. The summed E-state index contributed by atoms with van der Waals surface area (Å²) in [5, 5.41) is 0.701. The molecule has 0 fully saturated rings. The Balaban J connectivity index is 4.35. The molecule has 0 aliphatic carbocycles. The van der Waals surface area contributed by atoms with Crippen LogP contribution >= 0.6 is 0 Å². The van der Waals surface area contributed by atoms with Crippen LogP contribution < -0.4 is 22.8 Å². The molecule has 0 spiro atoms. The van der Waals surface area contributed by atoms with Crippen LogP contribution in [0.1, 0.15) is 19.8 Å². The smallest absolute Gasteiger partial charge is 0.241 e. The number of nitrogens with zero attached hydrogens (tertiary/aromatic N) is 1. The Morgan fingerprint density at radius 3 is 2.27 bits per heavy atom. The van der Waals surface area contributed by atoms with Crippen LogP contribution in [0.25, 0.3) is 0 Å². The lowest BCUT2D eigenvalue weighted by Crippen LogP contribution is -2.51. The molecular formula is C7H15N5O3. The summed E-state index contributed by atoms with van der Waals surface area (Å²) in [6.07, 6.45) is -0.000463. The van der Waals surface area contributed by atoms with E-state index in [9.17, 15) is 14.4 Å². The van der Waals surface area contributed by atoms with Crippen LogP contribution in [0, 0.1) is 0 Å². The minimum Gasteiger partial charge on any atom is -0.368 e. The number of hydrogen-bond donors (Lipinski definition) is 4. The fourth-order valence-electron chi connectivity index (χ4n) is 0.978. The van der Waals surface area contributed by atoms with Crippen molar-refractivity contribution in [2.45, 2.75) is 25.8 Å². The number of carbonyl (C=O) groups excluding carboxylic acids is 3. The first-order chi connectivity index (χ1) is 6.90. The van der Waals surface area contributed by atoms with Gasteiger partial charge >= 0.3 is 0 Å². The Morgan fingerprint density at radius 2 is 1.93 bits per heavy atom. The SMILES string of the molecule is CC(=O)N(N)C(CCC(=O)NN)C(N)=O. The van der Waals surface area contributed by atoms with Crippen LogP contribution in [0.2, 0.25) is 0 Å². The van der Waals surface area contributed by atoms with Crippen molar-refractivity contribution in [3.8, 4) is 0 Å². The Kier molecular flexibility index (Phi) is 5.27. The van der Waals surface area contributed by atoms with E-state index in [1.54, 1.807) is 0 Å². The number of carbonyl (C=O) groups is 3. The molecule has 0 aromatic carbocycles. The van der Waals surface area contributed by atoms with E-state index < -0.39 is 23.8 Å². The van der Waals surface area contributed by atoms with E-state index in [1.165, 1.54) is 6.92 Å². The molecule has 1 atom stereocenters. The summed E-state index contributed by atoms with van der Waals surface area (Å²) in [6.45, 7) is 1.19. The van der Waals surface area contributed by atoms with Crippen LogP contribution in [-0.2, 0) is 14.4 Å². The second-order valence-corrected chi connectivity index (χ2v) is 2.95. The zero-order valence-corrected chi connectivity index (χ0v) is 8.40. The number of hydrogen-bond acceptors (Lipinski definition) is 5. The number of primary amides is 1. The standard InChI is InChI=1S/C7H15N5O3/c1-4(13)12(10)5(7(8)15)2-3-6(14)11-9/h5H,2-3,9-10H2,1H3,(H2,8,15)(H,11,14). The number of nitrogens with two attached hydrogens (primary N) is 3. The summed E-state index contributed by atoms with van der Waals surface area (Å²) in [5.41, 5.74) is 6.92. The van der Waals surface area contributed by atoms with E-state index in [-0.39, 0.29) is 12.8 Å². The average molecular weight is 217 g/mol. The van der Waals surface area contributed by atoms with E-state index in [2.05, 4.69) is 0 Å². The summed E-state index contributed by atoms with van der Waals surface area (Å²) >= 11 is 0. The minimum atomic E-state index is -1.00. The lowest BCUT2D eigenvalue weighted by molar-refractivity contribution is -0.138. The Bertz CT molecular complexity index is 267. The van der Waals surface area contributed by atoms with E-state index in [4.69, 9.17) is 17.4 Å². The summed E-state index contributed by atoms with van der Waals surface area (Å²) in [6, 6.07) is -1.00. The van der Waals surface area contributed by atoms with Gasteiger partial charge in [-0.2, -0.15) is 0 Å². The van der Waals surface area contributed by atoms with Crippen molar-refractivity contribution < 1.29 is 14.4 Å². The summed E-state index contributed by atoms with van der Waals surface area (Å²) in [4.78, 5) is 32.6. The number of amides is 3. The topological polar surface area (TPSA) is 145 Å². The summed E-state index contributed by atoms with van der Waals surface area (Å²) in [5.74, 6) is 8.42. The fourth-order valence-corrected chi connectivity index (χ4v) is 0.978. The highest BCUT2D eigenvalue weighted by Gasteiger charge is 2.24. The Hall–Kier alpha value is -1.67. The van der Waals surface area contributed by atoms with Crippen LogP contribution in [-0.4, -0.2) is 28.8 Å². The van der Waals surface area contributed by atoms with Gasteiger partial charge in [-0.25, -0.2) is 11.7 Å². The highest BCUT2D eigenvalue weighted by atomic mass is 16.2. The second-order valence-electron chi connectivity index (χ2n) is 2.95. The molecule has 0 bridgehead atoms. The van der Waals surface area contributed by atoms with Gasteiger partial charge in [0.1, 0.15) is 6.04 Å². The van der Waals surface area contributed by atoms with Gasteiger partial charge in [0.2, 0.25) is 17.7 Å². The molecule has 0 saturated carbocycles. The Labute approximate surface area is 86.7 Å². The van der Waals surface area contributed by atoms with Crippen molar-refractivity contribution in [2.24, 2.45) is 17.4 Å². The third-order valence-corrected chi connectivity index (χ3v) is 1.83. The van der Waals surface area contributed by atoms with Gasteiger partial charge in [-0.1, -0.05) is 0 Å². The van der Waals surface area contributed by atoms with Gasteiger partial charge in [-0.15, -0.1) is 0 Å². The molecule has 0 rings (SSSR count). The zero-order valence-electron chi connectivity index (χ0n) is 8.40. The molecule has 0 aromatic rings. The fraction of sp³-hybridized carbons (Fsp3) is 0.571. The largest absolute Gasteiger partial charge is 0.368 e. The molecule has 0 aromatic heterocycles. The Morgan fingerprint density at radius 1 is 1.40 bits per heavy atom. The van der Waals surface area contributed by atoms with Gasteiger partial charge < -0.3 is 5.73 Å². The lowest BCUT2D eigenvalue weighted by Gasteiger charge is -2.23. The van der Waals surface area contributed by atoms with Crippen LogP contribution in [0.3, 0.4) is 0 Å². The summed E-state index contributed by atoms with van der Waals surface area (Å²) in [7, 11) is 0. The van der Waals surface area contributed by atoms with Gasteiger partial charge in [0.25, 0.3) is 0 Å². The molecule has 7 N–H and O–H groups in total. The minimum absolute atomic E-state index is 0.0362. The van der Waals surface area contributed by atoms with E-state index in [1.807, 2.05) is 5.43 Å². The average Bonchev–Trinajstić information content (AvgIpc) is 2.16. The monoisotopic (exact) mass is 217 g/mol. The molecular weight excluding hydrogens is 202 g/mol. The quantitative estimate of drug-likeness (QED) is 0.225. The van der Waals surface area contributed by atoms with Crippen molar-refractivity contribution >= 4 is 17.7 Å². The molecule has 0 heterocycles. The highest BCUT2D eigenvalue weighted by molar-refractivity contribution is 5.86. The van der Waals surface area contributed by atoms with Gasteiger partial charge in [-0.3, -0.25) is 24.8 Å². The second kappa shape index (κ2) is 5.94. The van der Waals surface area contributed by atoms with E-state index in [0.717, 1.165) is 0 Å². The maximum absolute atomic E-state index is 10.9. The first-order valence-corrected chi connectivity index (χ1v) is 4.23. The molecule has 8 nitrogen and oxygen atoms in total. The lowest BCUT2D eigenvalue weighted by atomic mass is 10.1. The zero-order chi connectivity index (χ0) is 12.0. The number of hydrazine groups is 2. The molecule has 86 valence electrons. The van der Waals surface area contributed by atoms with Crippen molar-refractivity contribution in [3.05, 3.63) is 0 Å². The third-order valence-electron chi connectivity index (χ3n) is 1.83. The molecule has 8 heteroatoms. The molecule has 3 amide bonds. The molecule has 1 unspecified atom stereocenters. The van der Waals surface area contributed by atoms with Gasteiger partial charge in [0, 0.05) is 13.3 Å². The highest BCUT2D eigenvalue weighted by Crippen LogP contribution is 2.03. The van der Waals surface area contributed by atoms with Crippen molar-refractivity contribution in [2.75, 3.05) is 0 Å². The predicted octanol–water partition coefficient (Wildman–Crippen LogP) is -2.67. The van der Waals surface area contributed by atoms with Gasteiger partial charge in [0.05, 0.1) is 0 Å². The maximum atomic E-state index is 10.9. The third kappa shape index (κ3) is 4.38. The molecule has 0 aliphatic rings. The van der Waals surface area contributed by atoms with Crippen LogP contribution in [0.15, 0.2) is 0 Å². The van der Waals surface area contributed by atoms with Crippen molar-refractivity contribution in [3.63, 3.8) is 0 Å². The molecule has 0 radical (unpaired) electrons. The van der Waals surface area contributed by atoms with Crippen molar-refractivity contribution in [1.29, 1.82) is 0 Å². The van der Waals surface area contributed by atoms with Crippen molar-refractivity contribution in [1.82, 2.24) is 10.4 Å². The first kappa shape index (κ1) is 13.3. The van der Waals surface area contributed by atoms with Crippen LogP contribution in [0.4, 0.5) is 0 Å². The van der Waals surface area contributed by atoms with Gasteiger partial charge in [-0.05, 0) is 6.42 Å². The molecule has 15 heavy (non-hydrogen) atoms. The first-order valence-electron chi connectivity index (χ1n) is 4.23. The molecule has 0 aliphatic heterocycles. The van der Waals surface area contributed by atoms with E-state index >= 15 is 0 Å². The van der Waals surface area contributed by atoms with Crippen LogP contribution in [0.5, 0.6) is 0 Å².